The summed E-state index contributed by atoms with van der Waals surface area (Å²) in [5, 5.41) is 29.3. The van der Waals surface area contributed by atoms with Crippen LogP contribution in [0.1, 0.15) is 12.5 Å². The van der Waals surface area contributed by atoms with Gasteiger partial charge in [-0.2, -0.15) is 0 Å². The number of benzene rings is 2. The lowest BCUT2D eigenvalue weighted by Crippen LogP contribution is -2.11. The van der Waals surface area contributed by atoms with Crippen molar-refractivity contribution in [2.75, 3.05) is 0 Å². The lowest BCUT2D eigenvalue weighted by Gasteiger charge is -2.06. The Labute approximate surface area is 164 Å². The van der Waals surface area contributed by atoms with Crippen molar-refractivity contribution in [3.05, 3.63) is 75.8 Å². The molecule has 0 saturated carbocycles. The van der Waals surface area contributed by atoms with Gasteiger partial charge in [0.05, 0.1) is 5.39 Å². The largest absolute Gasteiger partial charge is 0.512 e. The van der Waals surface area contributed by atoms with Crippen molar-refractivity contribution in [3.63, 3.8) is 0 Å². The minimum Gasteiger partial charge on any atom is -0.512 e. The number of rotatable bonds is 5. The third kappa shape index (κ3) is 4.62. The maximum Gasteiger partial charge on any atom is 0.362 e. The zero-order valence-corrected chi connectivity index (χ0v) is 15.3. The van der Waals surface area contributed by atoms with Gasteiger partial charge in [0, 0.05) is 18.3 Å². The van der Waals surface area contributed by atoms with Crippen molar-refractivity contribution in [1.29, 1.82) is 0 Å². The zero-order chi connectivity index (χ0) is 21.0. The number of phenols is 2. The second-order valence-electron chi connectivity index (χ2n) is 6.11. The Bertz CT molecular complexity index is 1170. The molecule has 0 aliphatic rings. The van der Waals surface area contributed by atoms with Crippen LogP contribution >= 0.6 is 0 Å². The Balaban J connectivity index is 1.85. The van der Waals surface area contributed by atoms with Gasteiger partial charge >= 0.3 is 11.6 Å². The quantitative estimate of drug-likeness (QED) is 0.198. The Hall–Kier alpha value is -4.07. The highest BCUT2D eigenvalue weighted by Gasteiger charge is 2.14. The smallest absolute Gasteiger partial charge is 0.362 e. The van der Waals surface area contributed by atoms with Gasteiger partial charge in [-0.05, 0) is 18.6 Å². The first-order chi connectivity index (χ1) is 13.8. The van der Waals surface area contributed by atoms with Crippen LogP contribution in [0.2, 0.25) is 0 Å². The molecule has 0 aliphatic heterocycles. The summed E-state index contributed by atoms with van der Waals surface area (Å²) in [5.41, 5.74) is -0.570. The number of esters is 1. The number of fused-ring (bicyclic) bond motifs is 1. The van der Waals surface area contributed by atoms with Gasteiger partial charge < -0.3 is 24.5 Å². The van der Waals surface area contributed by atoms with E-state index in [0.29, 0.717) is 0 Å². The number of ether oxygens (including phenoxy) is 1. The second-order valence-corrected chi connectivity index (χ2v) is 6.11. The number of aliphatic hydroxyl groups excluding tert-OH is 1. The highest BCUT2D eigenvalue weighted by atomic mass is 16.5. The van der Waals surface area contributed by atoms with Crippen molar-refractivity contribution in [2.45, 2.75) is 13.5 Å². The third-order valence-electron chi connectivity index (χ3n) is 3.95. The van der Waals surface area contributed by atoms with Crippen LogP contribution in [0.25, 0.3) is 11.0 Å². The molecule has 1 aromatic heterocycles. The molecule has 0 fully saturated rings. The third-order valence-corrected chi connectivity index (χ3v) is 3.95. The van der Waals surface area contributed by atoms with E-state index in [1.54, 1.807) is 24.3 Å². The molecule has 1 heterocycles. The highest BCUT2D eigenvalue weighted by molar-refractivity contribution is 6.10. The molecule has 29 heavy (non-hydrogen) atoms. The van der Waals surface area contributed by atoms with Crippen molar-refractivity contribution in [2.24, 2.45) is 4.99 Å². The van der Waals surface area contributed by atoms with Crippen LogP contribution in [-0.2, 0) is 16.1 Å². The molecule has 0 unspecified atom stereocenters. The van der Waals surface area contributed by atoms with Gasteiger partial charge in [0.2, 0.25) is 0 Å². The van der Waals surface area contributed by atoms with E-state index in [9.17, 15) is 24.9 Å². The average molecular weight is 395 g/mol. The number of phenolic OH excluding ortho intramolecular Hbond substituents is 2. The summed E-state index contributed by atoms with van der Waals surface area (Å²) in [6.07, 6.45) is 0.984. The second kappa shape index (κ2) is 8.30. The van der Waals surface area contributed by atoms with Gasteiger partial charge in [0.1, 0.15) is 40.7 Å². The summed E-state index contributed by atoms with van der Waals surface area (Å²) < 4.78 is 10.2. The number of aromatic hydroxyl groups is 2. The topological polar surface area (TPSA) is 130 Å². The summed E-state index contributed by atoms with van der Waals surface area (Å²) in [6, 6.07) is 12.5. The fourth-order valence-electron chi connectivity index (χ4n) is 2.49. The fourth-order valence-corrected chi connectivity index (χ4v) is 2.49. The van der Waals surface area contributed by atoms with Crippen LogP contribution < -0.4 is 5.63 Å². The minimum absolute atomic E-state index is 0.000226. The van der Waals surface area contributed by atoms with Crippen molar-refractivity contribution in [3.8, 4) is 11.5 Å². The number of allylic oxidation sites excluding steroid dienone is 1. The first-order valence-electron chi connectivity index (χ1n) is 8.50. The first kappa shape index (κ1) is 19.7. The van der Waals surface area contributed by atoms with Gasteiger partial charge in [-0.15, -0.1) is 0 Å². The van der Waals surface area contributed by atoms with E-state index in [-0.39, 0.29) is 46.1 Å². The highest BCUT2D eigenvalue weighted by Crippen LogP contribution is 2.30. The van der Waals surface area contributed by atoms with E-state index in [1.165, 1.54) is 19.1 Å². The fraction of sp³-hybridized carbons (Fsp3) is 0.0952. The number of carbonyl (C=O) groups is 1. The van der Waals surface area contributed by atoms with E-state index in [0.717, 1.165) is 17.8 Å². The van der Waals surface area contributed by atoms with Crippen LogP contribution in [0.5, 0.6) is 11.5 Å². The Morgan fingerprint density at radius 3 is 2.59 bits per heavy atom. The molecule has 0 radical (unpaired) electrons. The summed E-state index contributed by atoms with van der Waals surface area (Å²) in [7, 11) is 0. The molecule has 148 valence electrons. The first-order valence-corrected chi connectivity index (χ1v) is 8.50. The molecule has 0 atom stereocenters. The SMILES string of the molecule is C/C(O)=C(/C=Nc1cc2c(O)cc(O)cc2oc1=O)C(=O)OCc1ccccc1. The van der Waals surface area contributed by atoms with E-state index in [4.69, 9.17) is 9.15 Å². The Morgan fingerprint density at radius 2 is 1.90 bits per heavy atom. The Kier molecular flexibility index (Phi) is 5.64. The summed E-state index contributed by atoms with van der Waals surface area (Å²) in [6.45, 7) is 1.28. The molecule has 0 amide bonds. The van der Waals surface area contributed by atoms with Crippen LogP contribution in [0.3, 0.4) is 0 Å². The molecule has 8 nitrogen and oxygen atoms in total. The molecule has 3 N–H and O–H groups in total. The normalized spacial score (nSPS) is 12.2. The van der Waals surface area contributed by atoms with E-state index >= 15 is 0 Å². The van der Waals surface area contributed by atoms with E-state index in [2.05, 4.69) is 4.99 Å². The average Bonchev–Trinajstić information content (AvgIpc) is 2.67. The monoisotopic (exact) mass is 395 g/mol. The molecule has 0 aliphatic carbocycles. The molecule has 0 spiro atoms. The maximum absolute atomic E-state index is 12.3. The van der Waals surface area contributed by atoms with Gasteiger partial charge in [-0.25, -0.2) is 14.6 Å². The molecular weight excluding hydrogens is 378 g/mol. The molecular formula is C21H17NO7. The predicted octanol–water partition coefficient (Wildman–Crippen LogP) is 3.48. The van der Waals surface area contributed by atoms with Gasteiger partial charge in [-0.1, -0.05) is 30.3 Å². The molecule has 3 aromatic rings. The number of carbonyl (C=O) groups excluding carboxylic acids is 1. The molecule has 0 bridgehead atoms. The number of hydrogen-bond acceptors (Lipinski definition) is 8. The standard InChI is InChI=1S/C21H17NO7/c1-12(23)16(20(26)28-11-13-5-3-2-4-6-13)10-22-17-9-15-18(25)7-14(24)8-19(15)29-21(17)27/h2-10,23-25H,11H2,1H3/b16-12+,22-10?. The van der Waals surface area contributed by atoms with Gasteiger partial charge in [-0.3, -0.25) is 0 Å². The summed E-state index contributed by atoms with van der Waals surface area (Å²) >= 11 is 0. The van der Waals surface area contributed by atoms with Gasteiger partial charge in [0.15, 0.2) is 0 Å². The van der Waals surface area contributed by atoms with Crippen LogP contribution in [0.15, 0.2) is 74.1 Å². The molecule has 3 rings (SSSR count). The van der Waals surface area contributed by atoms with Crippen molar-refractivity contribution in [1.82, 2.24) is 0 Å². The molecule has 0 saturated heterocycles. The lowest BCUT2D eigenvalue weighted by molar-refractivity contribution is -0.139. The van der Waals surface area contributed by atoms with E-state index < -0.39 is 11.6 Å². The summed E-state index contributed by atoms with van der Waals surface area (Å²) in [4.78, 5) is 28.2. The van der Waals surface area contributed by atoms with Crippen LogP contribution in [0, 0.1) is 0 Å². The van der Waals surface area contributed by atoms with Crippen molar-refractivity contribution < 1.29 is 29.3 Å². The summed E-state index contributed by atoms with van der Waals surface area (Å²) in [5.74, 6) is -1.74. The van der Waals surface area contributed by atoms with Crippen molar-refractivity contribution >= 4 is 28.8 Å². The maximum atomic E-state index is 12.3. The number of aliphatic imine (C=N–C) groups is 1. The Morgan fingerprint density at radius 1 is 1.17 bits per heavy atom. The van der Waals surface area contributed by atoms with Crippen LogP contribution in [0.4, 0.5) is 5.69 Å². The number of hydrogen-bond donors (Lipinski definition) is 3. The number of aliphatic hydroxyl groups is 1. The zero-order valence-electron chi connectivity index (χ0n) is 15.3. The lowest BCUT2D eigenvalue weighted by atomic mass is 10.2. The predicted molar refractivity (Wildman–Crippen MR) is 106 cm³/mol. The van der Waals surface area contributed by atoms with E-state index in [1.807, 2.05) is 6.07 Å². The number of nitrogens with zero attached hydrogens (tertiary/aromatic N) is 1. The molecule has 8 heteroatoms. The minimum atomic E-state index is -0.855. The van der Waals surface area contributed by atoms with Crippen LogP contribution in [-0.4, -0.2) is 27.5 Å². The molecule has 2 aromatic carbocycles. The van der Waals surface area contributed by atoms with Gasteiger partial charge in [0.25, 0.3) is 0 Å².